The SMILES string of the molecule is C[C@@H](C(=O)Nc1ccccn1)n1cncn1. The molecular weight excluding hydrogens is 206 g/mol. The molecule has 0 aliphatic heterocycles. The van der Waals surface area contributed by atoms with Gasteiger partial charge in [0.15, 0.2) is 0 Å². The van der Waals surface area contributed by atoms with Crippen LogP contribution in [-0.4, -0.2) is 25.7 Å². The van der Waals surface area contributed by atoms with Crippen molar-refractivity contribution in [3.63, 3.8) is 0 Å². The Kier molecular flexibility index (Phi) is 2.90. The fraction of sp³-hybridized carbons (Fsp3) is 0.200. The molecule has 2 rings (SSSR count). The number of aromatic nitrogens is 4. The van der Waals surface area contributed by atoms with Crippen molar-refractivity contribution >= 4 is 11.7 Å². The molecule has 0 unspecified atom stereocenters. The lowest BCUT2D eigenvalue weighted by molar-refractivity contribution is -0.119. The van der Waals surface area contributed by atoms with Gasteiger partial charge in [-0.3, -0.25) is 4.79 Å². The Hall–Kier alpha value is -2.24. The van der Waals surface area contributed by atoms with E-state index in [1.807, 2.05) is 6.07 Å². The van der Waals surface area contributed by atoms with Gasteiger partial charge in [-0.15, -0.1) is 0 Å². The topological polar surface area (TPSA) is 72.7 Å². The Balaban J connectivity index is 2.04. The normalized spacial score (nSPS) is 12.1. The smallest absolute Gasteiger partial charge is 0.250 e. The van der Waals surface area contributed by atoms with Crippen LogP contribution in [0, 0.1) is 0 Å². The van der Waals surface area contributed by atoms with Crippen LogP contribution in [0.2, 0.25) is 0 Å². The van der Waals surface area contributed by atoms with Crippen molar-refractivity contribution in [3.05, 3.63) is 37.1 Å². The van der Waals surface area contributed by atoms with Crippen molar-refractivity contribution < 1.29 is 4.79 Å². The number of hydrogen-bond donors (Lipinski definition) is 1. The highest BCUT2D eigenvalue weighted by Crippen LogP contribution is 2.07. The molecule has 0 radical (unpaired) electrons. The minimum absolute atomic E-state index is 0.177. The number of carbonyl (C=O) groups excluding carboxylic acids is 1. The maximum atomic E-state index is 11.8. The number of pyridine rings is 1. The van der Waals surface area contributed by atoms with Crippen LogP contribution in [0.3, 0.4) is 0 Å². The minimum atomic E-state index is -0.412. The number of hydrogen-bond acceptors (Lipinski definition) is 4. The molecule has 2 aromatic heterocycles. The van der Waals surface area contributed by atoms with E-state index in [-0.39, 0.29) is 5.91 Å². The summed E-state index contributed by atoms with van der Waals surface area (Å²) < 4.78 is 1.48. The third-order valence-corrected chi connectivity index (χ3v) is 2.13. The van der Waals surface area contributed by atoms with E-state index < -0.39 is 6.04 Å². The maximum Gasteiger partial charge on any atom is 0.250 e. The molecule has 1 N–H and O–H groups in total. The maximum absolute atomic E-state index is 11.8. The second kappa shape index (κ2) is 4.52. The van der Waals surface area contributed by atoms with Crippen molar-refractivity contribution in [2.24, 2.45) is 0 Å². The Bertz CT molecular complexity index is 453. The molecule has 1 amide bonds. The molecule has 0 fully saturated rings. The van der Waals surface area contributed by atoms with Crippen LogP contribution < -0.4 is 5.32 Å². The van der Waals surface area contributed by atoms with Gasteiger partial charge in [0.25, 0.3) is 0 Å². The van der Waals surface area contributed by atoms with Gasteiger partial charge in [0, 0.05) is 6.20 Å². The van der Waals surface area contributed by atoms with E-state index >= 15 is 0 Å². The number of anilines is 1. The fourth-order valence-electron chi connectivity index (χ4n) is 1.20. The molecule has 0 saturated carbocycles. The number of amides is 1. The lowest BCUT2D eigenvalue weighted by atomic mass is 10.3. The highest BCUT2D eigenvalue weighted by Gasteiger charge is 2.15. The van der Waals surface area contributed by atoms with E-state index in [0.29, 0.717) is 5.82 Å². The van der Waals surface area contributed by atoms with Gasteiger partial charge in [0.05, 0.1) is 0 Å². The number of rotatable bonds is 3. The monoisotopic (exact) mass is 217 g/mol. The van der Waals surface area contributed by atoms with Gasteiger partial charge in [0.2, 0.25) is 5.91 Å². The molecule has 1 atom stereocenters. The van der Waals surface area contributed by atoms with Gasteiger partial charge in [-0.1, -0.05) is 6.07 Å². The summed E-state index contributed by atoms with van der Waals surface area (Å²) >= 11 is 0. The zero-order chi connectivity index (χ0) is 11.4. The summed E-state index contributed by atoms with van der Waals surface area (Å²) in [5, 5.41) is 6.59. The van der Waals surface area contributed by atoms with Gasteiger partial charge in [0.1, 0.15) is 24.5 Å². The van der Waals surface area contributed by atoms with Crippen molar-refractivity contribution in [2.75, 3.05) is 5.32 Å². The predicted molar refractivity (Wildman–Crippen MR) is 57.6 cm³/mol. The molecule has 2 aromatic rings. The molecule has 6 nitrogen and oxygen atoms in total. The zero-order valence-corrected chi connectivity index (χ0v) is 8.74. The van der Waals surface area contributed by atoms with Crippen LogP contribution in [0.15, 0.2) is 37.1 Å². The Morgan fingerprint density at radius 2 is 2.38 bits per heavy atom. The van der Waals surface area contributed by atoms with E-state index in [1.54, 1.807) is 25.3 Å². The molecule has 82 valence electrons. The first-order chi connectivity index (χ1) is 7.77. The highest BCUT2D eigenvalue weighted by atomic mass is 16.2. The van der Waals surface area contributed by atoms with E-state index in [1.165, 1.54) is 17.3 Å². The van der Waals surface area contributed by atoms with E-state index in [2.05, 4.69) is 20.4 Å². The molecule has 0 aliphatic rings. The first-order valence-electron chi connectivity index (χ1n) is 4.83. The molecule has 2 heterocycles. The predicted octanol–water partition coefficient (Wildman–Crippen LogP) is 0.873. The Morgan fingerprint density at radius 1 is 1.50 bits per heavy atom. The second-order valence-electron chi connectivity index (χ2n) is 3.26. The summed E-state index contributed by atoms with van der Waals surface area (Å²) in [5.41, 5.74) is 0. The molecular formula is C10H11N5O. The quantitative estimate of drug-likeness (QED) is 0.828. The van der Waals surface area contributed by atoms with Crippen molar-refractivity contribution in [1.29, 1.82) is 0 Å². The zero-order valence-electron chi connectivity index (χ0n) is 8.74. The average molecular weight is 217 g/mol. The summed E-state index contributed by atoms with van der Waals surface area (Å²) in [6, 6.07) is 4.91. The number of nitrogens with one attached hydrogen (secondary N) is 1. The Labute approximate surface area is 92.3 Å². The van der Waals surface area contributed by atoms with Gasteiger partial charge in [-0.05, 0) is 19.1 Å². The van der Waals surface area contributed by atoms with Crippen LogP contribution in [0.4, 0.5) is 5.82 Å². The molecule has 0 spiro atoms. The van der Waals surface area contributed by atoms with Crippen molar-refractivity contribution in [2.45, 2.75) is 13.0 Å². The summed E-state index contributed by atoms with van der Waals surface area (Å²) in [5.74, 6) is 0.351. The first kappa shape index (κ1) is 10.3. The molecule has 0 aromatic carbocycles. The molecule has 0 aliphatic carbocycles. The summed E-state index contributed by atoms with van der Waals surface area (Å²) in [6.45, 7) is 1.74. The summed E-state index contributed by atoms with van der Waals surface area (Å²) in [6.07, 6.45) is 4.52. The standard InChI is InChI=1S/C10H11N5O/c1-8(15-7-11-6-13-15)10(16)14-9-4-2-3-5-12-9/h2-8H,1H3,(H,12,14,16)/t8-/m0/s1. The van der Waals surface area contributed by atoms with Crippen LogP contribution in [0.1, 0.15) is 13.0 Å². The van der Waals surface area contributed by atoms with E-state index in [0.717, 1.165) is 0 Å². The molecule has 0 saturated heterocycles. The summed E-state index contributed by atoms with van der Waals surface area (Å²) in [4.78, 5) is 19.6. The van der Waals surface area contributed by atoms with E-state index in [9.17, 15) is 4.79 Å². The fourth-order valence-corrected chi connectivity index (χ4v) is 1.20. The number of carbonyl (C=O) groups is 1. The van der Waals surface area contributed by atoms with Crippen molar-refractivity contribution in [1.82, 2.24) is 19.7 Å². The number of nitrogens with zero attached hydrogens (tertiary/aromatic N) is 4. The molecule has 0 bridgehead atoms. The van der Waals surface area contributed by atoms with Crippen LogP contribution >= 0.6 is 0 Å². The lowest BCUT2D eigenvalue weighted by Gasteiger charge is -2.10. The second-order valence-corrected chi connectivity index (χ2v) is 3.26. The molecule has 6 heteroatoms. The van der Waals surface area contributed by atoms with Crippen LogP contribution in [0.25, 0.3) is 0 Å². The largest absolute Gasteiger partial charge is 0.309 e. The van der Waals surface area contributed by atoms with Crippen molar-refractivity contribution in [3.8, 4) is 0 Å². The van der Waals surface area contributed by atoms with Gasteiger partial charge in [-0.25, -0.2) is 14.6 Å². The van der Waals surface area contributed by atoms with Crippen LogP contribution in [0.5, 0.6) is 0 Å². The molecule has 16 heavy (non-hydrogen) atoms. The lowest BCUT2D eigenvalue weighted by Crippen LogP contribution is -2.24. The third-order valence-electron chi connectivity index (χ3n) is 2.13. The average Bonchev–Trinajstić information content (AvgIpc) is 2.83. The van der Waals surface area contributed by atoms with E-state index in [4.69, 9.17) is 0 Å². The highest BCUT2D eigenvalue weighted by molar-refractivity contribution is 5.92. The van der Waals surface area contributed by atoms with Gasteiger partial charge >= 0.3 is 0 Å². The summed E-state index contributed by atoms with van der Waals surface area (Å²) in [7, 11) is 0. The van der Waals surface area contributed by atoms with Gasteiger partial charge < -0.3 is 5.32 Å². The first-order valence-corrected chi connectivity index (χ1v) is 4.83. The van der Waals surface area contributed by atoms with Crippen LogP contribution in [-0.2, 0) is 4.79 Å². The minimum Gasteiger partial charge on any atom is -0.309 e. The third kappa shape index (κ3) is 2.22. The van der Waals surface area contributed by atoms with Gasteiger partial charge in [-0.2, -0.15) is 5.10 Å². The Morgan fingerprint density at radius 3 is 3.00 bits per heavy atom.